The van der Waals surface area contributed by atoms with Gasteiger partial charge in [-0.1, -0.05) is 0 Å². The molecule has 0 unspecified atom stereocenters. The largest absolute Gasteiger partial charge is 0.310 e. The van der Waals surface area contributed by atoms with Crippen LogP contribution >= 0.6 is 0 Å². The lowest BCUT2D eigenvalue weighted by molar-refractivity contribution is 0.887. The minimum Gasteiger partial charge on any atom is -0.310 e. The topological polar surface area (TPSA) is 79.6 Å². The SMILES string of the molecule is O=Nc1ccc2c(=O)[nH]cnn12. The highest BCUT2D eigenvalue weighted by Gasteiger charge is 2.03. The van der Waals surface area contributed by atoms with Gasteiger partial charge in [-0.15, -0.1) is 4.91 Å². The summed E-state index contributed by atoms with van der Waals surface area (Å²) >= 11 is 0. The van der Waals surface area contributed by atoms with Crippen LogP contribution in [0.4, 0.5) is 5.82 Å². The summed E-state index contributed by atoms with van der Waals surface area (Å²) in [5.41, 5.74) is 0.0204. The van der Waals surface area contributed by atoms with Crippen molar-refractivity contribution in [3.8, 4) is 0 Å². The first-order chi connectivity index (χ1) is 5.83. The Morgan fingerprint density at radius 1 is 1.50 bits per heavy atom. The smallest absolute Gasteiger partial charge is 0.275 e. The van der Waals surface area contributed by atoms with Gasteiger partial charge in [0.25, 0.3) is 5.56 Å². The van der Waals surface area contributed by atoms with Crippen LogP contribution in [-0.4, -0.2) is 14.6 Å². The molecule has 2 rings (SSSR count). The molecule has 6 heteroatoms. The Morgan fingerprint density at radius 2 is 2.33 bits per heavy atom. The summed E-state index contributed by atoms with van der Waals surface area (Å²) in [5.74, 6) is 0.121. The van der Waals surface area contributed by atoms with Crippen LogP contribution in [0.1, 0.15) is 0 Å². The van der Waals surface area contributed by atoms with Gasteiger partial charge in [0.15, 0.2) is 5.82 Å². The van der Waals surface area contributed by atoms with Crippen molar-refractivity contribution in [2.45, 2.75) is 0 Å². The minimum atomic E-state index is -0.292. The van der Waals surface area contributed by atoms with Gasteiger partial charge in [-0.25, -0.2) is 4.52 Å². The van der Waals surface area contributed by atoms with E-state index in [-0.39, 0.29) is 11.4 Å². The van der Waals surface area contributed by atoms with E-state index in [2.05, 4.69) is 15.3 Å². The number of H-pyrrole nitrogens is 1. The van der Waals surface area contributed by atoms with Gasteiger partial charge in [-0.3, -0.25) is 4.79 Å². The average Bonchev–Trinajstić information content (AvgIpc) is 2.49. The fourth-order valence-electron chi connectivity index (χ4n) is 1.000. The van der Waals surface area contributed by atoms with Crippen LogP contribution in [0, 0.1) is 4.91 Å². The molecule has 0 fully saturated rings. The zero-order valence-electron chi connectivity index (χ0n) is 5.89. The summed E-state index contributed by atoms with van der Waals surface area (Å²) < 4.78 is 1.19. The number of nitrogens with one attached hydrogen (secondary N) is 1. The van der Waals surface area contributed by atoms with Crippen molar-refractivity contribution in [2.75, 3.05) is 0 Å². The summed E-state index contributed by atoms with van der Waals surface area (Å²) in [4.78, 5) is 23.6. The van der Waals surface area contributed by atoms with Crippen LogP contribution in [0.2, 0.25) is 0 Å². The second-order valence-corrected chi connectivity index (χ2v) is 2.20. The lowest BCUT2D eigenvalue weighted by atomic mass is 10.5. The maximum Gasteiger partial charge on any atom is 0.275 e. The molecule has 0 aliphatic rings. The van der Waals surface area contributed by atoms with Crippen LogP contribution < -0.4 is 5.56 Å². The molecule has 6 nitrogen and oxygen atoms in total. The van der Waals surface area contributed by atoms with Gasteiger partial charge >= 0.3 is 0 Å². The van der Waals surface area contributed by atoms with Crippen molar-refractivity contribution >= 4 is 11.3 Å². The molecule has 2 aromatic rings. The molecule has 0 aliphatic heterocycles. The molecule has 0 saturated carbocycles. The van der Waals surface area contributed by atoms with Gasteiger partial charge in [-0.05, 0) is 17.3 Å². The van der Waals surface area contributed by atoms with E-state index < -0.39 is 0 Å². The van der Waals surface area contributed by atoms with Crippen LogP contribution in [0.3, 0.4) is 0 Å². The zero-order valence-corrected chi connectivity index (χ0v) is 5.89. The Labute approximate surface area is 65.8 Å². The van der Waals surface area contributed by atoms with Crippen LogP contribution in [0.5, 0.6) is 0 Å². The first kappa shape index (κ1) is 6.71. The van der Waals surface area contributed by atoms with E-state index >= 15 is 0 Å². The maximum absolute atomic E-state index is 11.0. The lowest BCUT2D eigenvalue weighted by Crippen LogP contribution is -2.09. The van der Waals surface area contributed by atoms with Crippen molar-refractivity contribution in [3.63, 3.8) is 0 Å². The zero-order chi connectivity index (χ0) is 8.55. The molecule has 12 heavy (non-hydrogen) atoms. The molecule has 0 aromatic carbocycles. The normalized spacial score (nSPS) is 10.3. The Hall–Kier alpha value is -1.98. The number of hydrogen-bond acceptors (Lipinski definition) is 4. The summed E-state index contributed by atoms with van der Waals surface area (Å²) in [6.45, 7) is 0. The van der Waals surface area contributed by atoms with Crippen LogP contribution in [0.25, 0.3) is 5.52 Å². The molecule has 60 valence electrons. The third kappa shape index (κ3) is 0.746. The van der Waals surface area contributed by atoms with E-state index in [0.717, 1.165) is 0 Å². The van der Waals surface area contributed by atoms with E-state index in [1.54, 1.807) is 0 Å². The molecule has 2 aromatic heterocycles. The monoisotopic (exact) mass is 164 g/mol. The van der Waals surface area contributed by atoms with Crippen molar-refractivity contribution in [1.29, 1.82) is 0 Å². The summed E-state index contributed by atoms with van der Waals surface area (Å²) in [5, 5.41) is 6.44. The van der Waals surface area contributed by atoms with E-state index in [9.17, 15) is 9.70 Å². The summed E-state index contributed by atoms with van der Waals surface area (Å²) in [7, 11) is 0. The first-order valence-corrected chi connectivity index (χ1v) is 3.22. The van der Waals surface area contributed by atoms with Gasteiger partial charge in [0.1, 0.15) is 11.8 Å². The fraction of sp³-hybridized carbons (Fsp3) is 0. The second kappa shape index (κ2) is 2.26. The molecule has 1 N–H and O–H groups in total. The first-order valence-electron chi connectivity index (χ1n) is 3.22. The Kier molecular flexibility index (Phi) is 1.26. The molecular weight excluding hydrogens is 160 g/mol. The molecule has 0 radical (unpaired) electrons. The Bertz CT molecular complexity index is 483. The highest BCUT2D eigenvalue weighted by atomic mass is 16.3. The quantitative estimate of drug-likeness (QED) is 0.620. The van der Waals surface area contributed by atoms with E-state index in [1.807, 2.05) is 0 Å². The van der Waals surface area contributed by atoms with Crippen LogP contribution in [0.15, 0.2) is 28.4 Å². The third-order valence-electron chi connectivity index (χ3n) is 1.53. The average molecular weight is 164 g/mol. The number of nitroso groups, excluding NO2 is 1. The van der Waals surface area contributed by atoms with Crippen molar-refractivity contribution < 1.29 is 0 Å². The van der Waals surface area contributed by atoms with Gasteiger partial charge in [-0.2, -0.15) is 5.10 Å². The second-order valence-electron chi connectivity index (χ2n) is 2.20. The van der Waals surface area contributed by atoms with E-state index in [0.29, 0.717) is 5.52 Å². The minimum absolute atomic E-state index is 0.121. The van der Waals surface area contributed by atoms with Crippen molar-refractivity contribution in [2.24, 2.45) is 5.18 Å². The molecule has 0 aliphatic carbocycles. The third-order valence-corrected chi connectivity index (χ3v) is 1.53. The molecular formula is C6H4N4O2. The predicted octanol–water partition coefficient (Wildman–Crippen LogP) is 0.421. The lowest BCUT2D eigenvalue weighted by Gasteiger charge is -1.90. The number of rotatable bonds is 1. The van der Waals surface area contributed by atoms with Crippen molar-refractivity contribution in [1.82, 2.24) is 14.6 Å². The molecule has 0 atom stereocenters. The van der Waals surface area contributed by atoms with Gasteiger partial charge in [0.05, 0.1) is 0 Å². The fourth-order valence-corrected chi connectivity index (χ4v) is 1.000. The summed E-state index contributed by atoms with van der Waals surface area (Å²) in [6, 6.07) is 2.92. The highest BCUT2D eigenvalue weighted by molar-refractivity contribution is 5.52. The number of nitrogens with zero attached hydrogens (tertiary/aromatic N) is 3. The van der Waals surface area contributed by atoms with Crippen molar-refractivity contribution in [3.05, 3.63) is 33.7 Å². The van der Waals surface area contributed by atoms with Crippen LogP contribution in [-0.2, 0) is 0 Å². The molecule has 0 spiro atoms. The maximum atomic E-state index is 11.0. The standard InChI is InChI=1S/C6H4N4O2/c11-6-4-1-2-5(9-12)10(4)8-3-7-6/h1-3H,(H,7,8,11). The number of hydrogen-bond donors (Lipinski definition) is 1. The molecule has 2 heterocycles. The summed E-state index contributed by atoms with van der Waals surface area (Å²) in [6.07, 6.45) is 1.21. The highest BCUT2D eigenvalue weighted by Crippen LogP contribution is 2.11. The molecule has 0 saturated heterocycles. The number of fused-ring (bicyclic) bond motifs is 1. The number of aromatic amines is 1. The van der Waals surface area contributed by atoms with E-state index in [1.165, 1.54) is 23.0 Å². The van der Waals surface area contributed by atoms with E-state index in [4.69, 9.17) is 0 Å². The molecule has 0 bridgehead atoms. The molecule has 0 amide bonds. The predicted molar refractivity (Wildman–Crippen MR) is 41.3 cm³/mol. The Morgan fingerprint density at radius 3 is 3.08 bits per heavy atom. The van der Waals surface area contributed by atoms with Gasteiger partial charge in [0, 0.05) is 0 Å². The van der Waals surface area contributed by atoms with Gasteiger partial charge < -0.3 is 4.98 Å². The Balaban J connectivity index is 2.98. The van der Waals surface area contributed by atoms with Gasteiger partial charge in [0.2, 0.25) is 0 Å². The number of aromatic nitrogens is 3.